The Morgan fingerprint density at radius 2 is 1.71 bits per heavy atom. The van der Waals surface area contributed by atoms with Crippen molar-refractivity contribution in [2.75, 3.05) is 11.9 Å². The van der Waals surface area contributed by atoms with Gasteiger partial charge >= 0.3 is 6.03 Å². The van der Waals surface area contributed by atoms with Crippen molar-refractivity contribution in [2.45, 2.75) is 31.2 Å². The van der Waals surface area contributed by atoms with E-state index in [1.54, 1.807) is 24.3 Å². The lowest BCUT2D eigenvalue weighted by Gasteiger charge is -2.20. The van der Waals surface area contributed by atoms with Crippen molar-refractivity contribution >= 4 is 23.5 Å². The third kappa shape index (κ3) is 3.43. The molecule has 7 heteroatoms. The number of imide groups is 1. The number of nitrogens with zero attached hydrogens (tertiary/aromatic N) is 1. The second kappa shape index (κ2) is 7.34. The number of nitrogens with one attached hydrogen (secondary N) is 2. The van der Waals surface area contributed by atoms with Crippen LogP contribution in [-0.4, -0.2) is 34.8 Å². The number of rotatable bonds is 5. The topological polar surface area (TPSA) is 87.7 Å². The fourth-order valence-electron chi connectivity index (χ4n) is 3.74. The van der Waals surface area contributed by atoms with Gasteiger partial charge in [0.05, 0.1) is 5.69 Å². The average molecular weight is 379 g/mol. The SMILES string of the molecule is O=C(CN1C(=O)NC2(CCCC2)C1=O)Nc1ccccc1Oc1ccccc1. The predicted molar refractivity (Wildman–Crippen MR) is 103 cm³/mol. The minimum atomic E-state index is -0.814. The van der Waals surface area contributed by atoms with Gasteiger partial charge in [0.1, 0.15) is 17.8 Å². The molecule has 2 N–H and O–H groups in total. The minimum Gasteiger partial charge on any atom is -0.455 e. The Morgan fingerprint density at radius 3 is 2.46 bits per heavy atom. The average Bonchev–Trinajstić information content (AvgIpc) is 3.25. The molecule has 1 saturated carbocycles. The lowest BCUT2D eigenvalue weighted by atomic mass is 9.98. The van der Waals surface area contributed by atoms with Crippen molar-refractivity contribution in [3.8, 4) is 11.5 Å². The molecular weight excluding hydrogens is 358 g/mol. The maximum atomic E-state index is 12.7. The summed E-state index contributed by atoms with van der Waals surface area (Å²) >= 11 is 0. The van der Waals surface area contributed by atoms with Gasteiger partial charge in [0, 0.05) is 0 Å². The molecule has 1 heterocycles. The highest BCUT2D eigenvalue weighted by atomic mass is 16.5. The van der Waals surface area contributed by atoms with Gasteiger partial charge in [-0.1, -0.05) is 43.2 Å². The molecule has 2 aromatic carbocycles. The summed E-state index contributed by atoms with van der Waals surface area (Å²) in [7, 11) is 0. The lowest BCUT2D eigenvalue weighted by Crippen LogP contribution is -2.44. The van der Waals surface area contributed by atoms with E-state index in [-0.39, 0.29) is 12.5 Å². The number of carbonyl (C=O) groups excluding carboxylic acids is 3. The van der Waals surface area contributed by atoms with Crippen molar-refractivity contribution in [2.24, 2.45) is 0 Å². The van der Waals surface area contributed by atoms with Crippen LogP contribution in [0.25, 0.3) is 0 Å². The monoisotopic (exact) mass is 379 g/mol. The first-order valence-electron chi connectivity index (χ1n) is 9.33. The third-order valence-electron chi connectivity index (χ3n) is 5.14. The van der Waals surface area contributed by atoms with Crippen LogP contribution in [0.3, 0.4) is 0 Å². The van der Waals surface area contributed by atoms with Gasteiger partial charge in [-0.05, 0) is 37.1 Å². The molecule has 2 aliphatic rings. The molecule has 1 spiro atoms. The number of benzene rings is 2. The highest BCUT2D eigenvalue weighted by molar-refractivity contribution is 6.10. The van der Waals surface area contributed by atoms with E-state index in [0.717, 1.165) is 17.7 Å². The Hall–Kier alpha value is -3.35. The molecule has 28 heavy (non-hydrogen) atoms. The van der Waals surface area contributed by atoms with Gasteiger partial charge in [-0.3, -0.25) is 14.5 Å². The standard InChI is InChI=1S/C21H21N3O4/c25-18(14-24-19(26)21(23-20(24)27)12-6-7-13-21)22-16-10-4-5-11-17(16)28-15-8-2-1-3-9-15/h1-5,8-11H,6-7,12-14H2,(H,22,25)(H,23,27). The Balaban J connectivity index is 1.45. The fraction of sp³-hybridized carbons (Fsp3) is 0.286. The quantitative estimate of drug-likeness (QED) is 0.781. The molecule has 0 atom stereocenters. The Kier molecular flexibility index (Phi) is 4.73. The number of hydrogen-bond donors (Lipinski definition) is 2. The van der Waals surface area contributed by atoms with Crippen LogP contribution in [0.4, 0.5) is 10.5 Å². The van der Waals surface area contributed by atoms with Gasteiger partial charge in [0.25, 0.3) is 5.91 Å². The van der Waals surface area contributed by atoms with E-state index < -0.39 is 17.5 Å². The number of para-hydroxylation sites is 3. The molecule has 7 nitrogen and oxygen atoms in total. The normalized spacial score (nSPS) is 17.6. The minimum absolute atomic E-state index is 0.307. The smallest absolute Gasteiger partial charge is 0.325 e. The molecule has 4 rings (SSSR count). The number of ether oxygens (including phenoxy) is 1. The van der Waals surface area contributed by atoms with Crippen LogP contribution < -0.4 is 15.4 Å². The van der Waals surface area contributed by atoms with Crippen LogP contribution in [0.15, 0.2) is 54.6 Å². The van der Waals surface area contributed by atoms with Crippen molar-refractivity contribution in [1.82, 2.24) is 10.2 Å². The zero-order valence-corrected chi connectivity index (χ0v) is 15.3. The molecule has 1 aliphatic heterocycles. The van der Waals surface area contributed by atoms with Crippen LogP contribution in [0.1, 0.15) is 25.7 Å². The van der Waals surface area contributed by atoms with E-state index in [4.69, 9.17) is 4.74 Å². The highest BCUT2D eigenvalue weighted by Crippen LogP contribution is 2.35. The molecule has 0 bridgehead atoms. The summed E-state index contributed by atoms with van der Waals surface area (Å²) in [5.41, 5.74) is -0.343. The van der Waals surface area contributed by atoms with E-state index >= 15 is 0 Å². The zero-order chi connectivity index (χ0) is 19.6. The number of anilines is 1. The summed E-state index contributed by atoms with van der Waals surface area (Å²) in [6, 6.07) is 15.7. The molecule has 2 fully saturated rings. The van der Waals surface area contributed by atoms with Crippen molar-refractivity contribution in [3.05, 3.63) is 54.6 Å². The van der Waals surface area contributed by atoms with Crippen LogP contribution in [0.5, 0.6) is 11.5 Å². The fourth-order valence-corrected chi connectivity index (χ4v) is 3.74. The van der Waals surface area contributed by atoms with E-state index in [1.807, 2.05) is 30.3 Å². The zero-order valence-electron chi connectivity index (χ0n) is 15.3. The van der Waals surface area contributed by atoms with E-state index in [0.29, 0.717) is 30.0 Å². The maximum absolute atomic E-state index is 12.7. The first-order chi connectivity index (χ1) is 13.6. The second-order valence-electron chi connectivity index (χ2n) is 7.07. The number of amides is 4. The van der Waals surface area contributed by atoms with Crippen molar-refractivity contribution in [3.63, 3.8) is 0 Å². The van der Waals surface area contributed by atoms with E-state index in [1.165, 1.54) is 0 Å². The largest absolute Gasteiger partial charge is 0.455 e. The summed E-state index contributed by atoms with van der Waals surface area (Å²) in [6.07, 6.45) is 3.05. The van der Waals surface area contributed by atoms with Crippen LogP contribution in [-0.2, 0) is 9.59 Å². The Bertz CT molecular complexity index is 907. The Morgan fingerprint density at radius 1 is 1.04 bits per heavy atom. The summed E-state index contributed by atoms with van der Waals surface area (Å²) in [5.74, 6) is 0.356. The van der Waals surface area contributed by atoms with Crippen LogP contribution in [0.2, 0.25) is 0 Å². The van der Waals surface area contributed by atoms with Gasteiger partial charge in [-0.15, -0.1) is 0 Å². The van der Waals surface area contributed by atoms with Gasteiger partial charge < -0.3 is 15.4 Å². The second-order valence-corrected chi connectivity index (χ2v) is 7.07. The van der Waals surface area contributed by atoms with E-state index in [9.17, 15) is 14.4 Å². The number of urea groups is 1. The van der Waals surface area contributed by atoms with Gasteiger partial charge in [0.15, 0.2) is 5.75 Å². The van der Waals surface area contributed by atoms with Gasteiger partial charge in [0.2, 0.25) is 5.91 Å². The Labute approximate surface area is 162 Å². The molecule has 4 amide bonds. The summed E-state index contributed by atoms with van der Waals surface area (Å²) < 4.78 is 5.82. The molecule has 0 unspecified atom stereocenters. The highest BCUT2D eigenvalue weighted by Gasteiger charge is 2.52. The first-order valence-corrected chi connectivity index (χ1v) is 9.33. The number of hydrogen-bond acceptors (Lipinski definition) is 4. The molecular formula is C21H21N3O4. The first kappa shape index (κ1) is 18.0. The van der Waals surface area contributed by atoms with Crippen LogP contribution >= 0.6 is 0 Å². The van der Waals surface area contributed by atoms with Gasteiger partial charge in [-0.25, -0.2) is 4.79 Å². The predicted octanol–water partition coefficient (Wildman–Crippen LogP) is 3.28. The molecule has 1 saturated heterocycles. The lowest BCUT2D eigenvalue weighted by molar-refractivity contribution is -0.133. The molecule has 2 aromatic rings. The molecule has 144 valence electrons. The number of carbonyl (C=O) groups is 3. The van der Waals surface area contributed by atoms with Crippen molar-refractivity contribution < 1.29 is 19.1 Å². The summed E-state index contributed by atoms with van der Waals surface area (Å²) in [5, 5.41) is 5.52. The van der Waals surface area contributed by atoms with Crippen molar-refractivity contribution in [1.29, 1.82) is 0 Å². The molecule has 1 aliphatic carbocycles. The van der Waals surface area contributed by atoms with Crippen LogP contribution in [0, 0.1) is 0 Å². The maximum Gasteiger partial charge on any atom is 0.325 e. The van der Waals surface area contributed by atoms with E-state index in [2.05, 4.69) is 10.6 Å². The molecule has 0 aromatic heterocycles. The summed E-state index contributed by atoms with van der Waals surface area (Å²) in [6.45, 7) is -0.327. The summed E-state index contributed by atoms with van der Waals surface area (Å²) in [4.78, 5) is 38.4. The third-order valence-corrected chi connectivity index (χ3v) is 5.14. The van der Waals surface area contributed by atoms with Gasteiger partial charge in [-0.2, -0.15) is 0 Å². The molecule has 0 radical (unpaired) electrons.